The number of hydrogen-bond donors (Lipinski definition) is 2. The Morgan fingerprint density at radius 1 is 1.14 bits per heavy atom. The SMILES string of the molecule is CCCCOC(=O)N[C@H]1CCN(Cc2ccc(-c3cc4cnn(CC(C)(C)O)c4cc3F)c(-c3ccc(C#N)c(F)c3)c2)C1. The molecule has 2 heterocycles. The molecule has 3 aromatic carbocycles. The second-order valence-electron chi connectivity index (χ2n) is 12.0. The first kappa shape index (κ1) is 31.1. The molecule has 1 amide bonds. The van der Waals surface area contributed by atoms with Gasteiger partial charge in [-0.2, -0.15) is 10.4 Å². The van der Waals surface area contributed by atoms with Crippen molar-refractivity contribution in [2.45, 2.75) is 64.8 Å². The first-order valence-electron chi connectivity index (χ1n) is 14.9. The third-order valence-corrected chi connectivity index (χ3v) is 7.77. The predicted octanol–water partition coefficient (Wildman–Crippen LogP) is 6.39. The highest BCUT2D eigenvalue weighted by atomic mass is 19.1. The van der Waals surface area contributed by atoms with Gasteiger partial charge >= 0.3 is 6.09 Å². The monoisotopic (exact) mass is 601 g/mol. The van der Waals surface area contributed by atoms with Gasteiger partial charge in [-0.15, -0.1) is 0 Å². The molecule has 4 aromatic rings. The molecule has 230 valence electrons. The summed E-state index contributed by atoms with van der Waals surface area (Å²) in [4.78, 5) is 14.3. The molecule has 0 saturated carbocycles. The van der Waals surface area contributed by atoms with Crippen LogP contribution in [0.25, 0.3) is 33.2 Å². The van der Waals surface area contributed by atoms with Crippen LogP contribution in [0.1, 0.15) is 51.2 Å². The number of amides is 1. The van der Waals surface area contributed by atoms with Crippen molar-refractivity contribution in [1.29, 1.82) is 5.26 Å². The Hall–Kier alpha value is -4.33. The molecule has 1 saturated heterocycles. The second kappa shape index (κ2) is 13.1. The minimum absolute atomic E-state index is 0.0198. The largest absolute Gasteiger partial charge is 0.450 e. The van der Waals surface area contributed by atoms with Crippen molar-refractivity contribution in [1.82, 2.24) is 20.0 Å². The molecule has 0 aliphatic carbocycles. The number of unbranched alkanes of at least 4 members (excludes halogenated alkanes) is 1. The summed E-state index contributed by atoms with van der Waals surface area (Å²) < 4.78 is 37.4. The molecule has 1 atom stereocenters. The molecule has 0 unspecified atom stereocenters. The Bertz CT molecular complexity index is 1710. The molecular weight excluding hydrogens is 564 g/mol. The lowest BCUT2D eigenvalue weighted by molar-refractivity contribution is 0.0591. The number of ether oxygens (including phenoxy) is 1. The van der Waals surface area contributed by atoms with Gasteiger partial charge in [-0.1, -0.05) is 31.5 Å². The molecule has 8 nitrogen and oxygen atoms in total. The van der Waals surface area contributed by atoms with Gasteiger partial charge in [-0.25, -0.2) is 13.6 Å². The maximum atomic E-state index is 15.8. The van der Waals surface area contributed by atoms with Crippen molar-refractivity contribution in [2.24, 2.45) is 0 Å². The molecule has 1 aliphatic rings. The fourth-order valence-corrected chi connectivity index (χ4v) is 5.61. The normalized spacial score (nSPS) is 15.4. The number of aromatic nitrogens is 2. The van der Waals surface area contributed by atoms with Gasteiger partial charge in [0.1, 0.15) is 17.7 Å². The average molecular weight is 602 g/mol. The van der Waals surface area contributed by atoms with Crippen molar-refractivity contribution in [3.63, 3.8) is 0 Å². The van der Waals surface area contributed by atoms with Gasteiger partial charge in [0.05, 0.1) is 36.0 Å². The summed E-state index contributed by atoms with van der Waals surface area (Å²) in [7, 11) is 0. The maximum absolute atomic E-state index is 15.8. The molecule has 44 heavy (non-hydrogen) atoms. The number of nitriles is 1. The number of halogens is 2. The third kappa shape index (κ3) is 7.24. The molecular formula is C34H37F2N5O3. The van der Waals surface area contributed by atoms with E-state index in [1.165, 1.54) is 18.2 Å². The van der Waals surface area contributed by atoms with Crippen LogP contribution in [-0.2, 0) is 17.8 Å². The summed E-state index contributed by atoms with van der Waals surface area (Å²) in [6.45, 7) is 7.99. The second-order valence-corrected chi connectivity index (χ2v) is 12.0. The van der Waals surface area contributed by atoms with E-state index in [1.54, 1.807) is 36.9 Å². The fraction of sp³-hybridized carbons (Fsp3) is 0.382. The summed E-state index contributed by atoms with van der Waals surface area (Å²) in [6, 6.07) is 15.1. The zero-order chi connectivity index (χ0) is 31.4. The topological polar surface area (TPSA) is 103 Å². The van der Waals surface area contributed by atoms with E-state index in [2.05, 4.69) is 15.3 Å². The number of nitrogens with zero attached hydrogens (tertiary/aromatic N) is 4. The van der Waals surface area contributed by atoms with Gasteiger partial charge in [0.15, 0.2) is 0 Å². The molecule has 2 N–H and O–H groups in total. The van der Waals surface area contributed by atoms with Crippen LogP contribution in [0.15, 0.2) is 54.7 Å². The summed E-state index contributed by atoms with van der Waals surface area (Å²) in [5, 5.41) is 27.5. The fourth-order valence-electron chi connectivity index (χ4n) is 5.61. The Labute approximate surface area is 255 Å². The van der Waals surface area contributed by atoms with Gasteiger partial charge in [0.25, 0.3) is 0 Å². The van der Waals surface area contributed by atoms with Crippen LogP contribution >= 0.6 is 0 Å². The highest BCUT2D eigenvalue weighted by Gasteiger charge is 2.25. The Kier molecular flexibility index (Phi) is 9.28. The van der Waals surface area contributed by atoms with Gasteiger partial charge in [-0.05, 0) is 73.2 Å². The Balaban J connectivity index is 1.45. The number of aliphatic hydroxyl groups is 1. The van der Waals surface area contributed by atoms with Crippen LogP contribution in [0.2, 0.25) is 0 Å². The van der Waals surface area contributed by atoms with Crippen molar-refractivity contribution in [2.75, 3.05) is 19.7 Å². The molecule has 0 radical (unpaired) electrons. The van der Waals surface area contributed by atoms with E-state index in [9.17, 15) is 19.6 Å². The lowest BCUT2D eigenvalue weighted by Gasteiger charge is -2.19. The zero-order valence-corrected chi connectivity index (χ0v) is 25.2. The number of likely N-dealkylation sites (tertiary alicyclic amines) is 1. The summed E-state index contributed by atoms with van der Waals surface area (Å²) >= 11 is 0. The van der Waals surface area contributed by atoms with Gasteiger partial charge in [0.2, 0.25) is 0 Å². The van der Waals surface area contributed by atoms with Crippen molar-refractivity contribution in [3.8, 4) is 28.3 Å². The predicted molar refractivity (Wildman–Crippen MR) is 165 cm³/mol. The molecule has 1 fully saturated rings. The van der Waals surface area contributed by atoms with E-state index in [-0.39, 0.29) is 18.2 Å². The van der Waals surface area contributed by atoms with E-state index < -0.39 is 23.3 Å². The third-order valence-electron chi connectivity index (χ3n) is 7.77. The highest BCUT2D eigenvalue weighted by Crippen LogP contribution is 2.37. The minimum atomic E-state index is -1.03. The average Bonchev–Trinajstić information content (AvgIpc) is 3.57. The van der Waals surface area contributed by atoms with E-state index in [1.807, 2.05) is 31.2 Å². The van der Waals surface area contributed by atoms with E-state index >= 15 is 4.39 Å². The molecule has 5 rings (SSSR count). The first-order valence-corrected chi connectivity index (χ1v) is 14.9. The zero-order valence-electron chi connectivity index (χ0n) is 25.2. The standard InChI is InChI=1S/C34H37F2N5O3/c1-4-5-12-44-33(42)39-26-10-11-40(20-26)19-22-6-9-27(28(13-22)23-7-8-24(17-37)30(35)15-23)29-14-25-18-38-41(21-34(2,3)43)32(25)16-31(29)36/h6-9,13-16,18,26,43H,4-5,10-12,19-21H2,1-3H3,(H,39,42)/t26-/m0/s1. The Morgan fingerprint density at radius 3 is 2.68 bits per heavy atom. The number of benzene rings is 3. The van der Waals surface area contributed by atoms with Crippen molar-refractivity contribution < 1.29 is 23.4 Å². The number of carbonyl (C=O) groups excluding carboxylic acids is 1. The van der Waals surface area contributed by atoms with Crippen LogP contribution in [0.5, 0.6) is 0 Å². The van der Waals surface area contributed by atoms with E-state index in [4.69, 9.17) is 4.74 Å². The minimum Gasteiger partial charge on any atom is -0.450 e. The van der Waals surface area contributed by atoms with Crippen molar-refractivity contribution in [3.05, 3.63) is 77.5 Å². The molecule has 1 aliphatic heterocycles. The van der Waals surface area contributed by atoms with Crippen LogP contribution in [-0.4, -0.2) is 57.2 Å². The lowest BCUT2D eigenvalue weighted by atomic mass is 9.91. The summed E-state index contributed by atoms with van der Waals surface area (Å²) in [6.07, 6.45) is 3.81. The summed E-state index contributed by atoms with van der Waals surface area (Å²) in [5.41, 5.74) is 2.46. The number of nitrogens with one attached hydrogen (secondary N) is 1. The smallest absolute Gasteiger partial charge is 0.407 e. The maximum Gasteiger partial charge on any atom is 0.407 e. The molecule has 10 heteroatoms. The van der Waals surface area contributed by atoms with Gasteiger partial charge in [0, 0.05) is 42.7 Å². The molecule has 0 bridgehead atoms. The van der Waals surface area contributed by atoms with Crippen LogP contribution in [0.3, 0.4) is 0 Å². The van der Waals surface area contributed by atoms with E-state index in [0.717, 1.165) is 31.4 Å². The first-order chi connectivity index (χ1) is 21.0. The van der Waals surface area contributed by atoms with Gasteiger partial charge < -0.3 is 15.2 Å². The number of alkyl carbamates (subject to hydrolysis) is 1. The quantitative estimate of drug-likeness (QED) is 0.204. The highest BCUT2D eigenvalue weighted by molar-refractivity contribution is 5.90. The van der Waals surface area contributed by atoms with E-state index in [0.29, 0.717) is 52.9 Å². The summed E-state index contributed by atoms with van der Waals surface area (Å²) in [5.74, 6) is -1.12. The number of fused-ring (bicyclic) bond motifs is 1. The lowest BCUT2D eigenvalue weighted by Crippen LogP contribution is -2.37. The Morgan fingerprint density at radius 2 is 1.95 bits per heavy atom. The molecule has 1 aromatic heterocycles. The molecule has 0 spiro atoms. The van der Waals surface area contributed by atoms with Gasteiger partial charge in [-0.3, -0.25) is 9.58 Å². The van der Waals surface area contributed by atoms with Crippen LogP contribution < -0.4 is 5.32 Å². The van der Waals surface area contributed by atoms with Crippen molar-refractivity contribution >= 4 is 17.0 Å². The van der Waals surface area contributed by atoms with Crippen LogP contribution in [0, 0.1) is 23.0 Å². The number of hydrogen-bond acceptors (Lipinski definition) is 6. The van der Waals surface area contributed by atoms with Crippen LogP contribution in [0.4, 0.5) is 13.6 Å². The number of rotatable bonds is 10. The number of carbonyl (C=O) groups is 1.